The van der Waals surface area contributed by atoms with Gasteiger partial charge >= 0.3 is 0 Å². The predicted octanol–water partition coefficient (Wildman–Crippen LogP) is 3.06. The van der Waals surface area contributed by atoms with Crippen LogP contribution in [0.3, 0.4) is 0 Å². The number of nitrogens with one attached hydrogen (secondary N) is 2. The Morgan fingerprint density at radius 3 is 3.00 bits per heavy atom. The summed E-state index contributed by atoms with van der Waals surface area (Å²) in [6, 6.07) is 13.0. The van der Waals surface area contributed by atoms with E-state index in [0.717, 1.165) is 16.1 Å². The number of carbonyl (C=O) groups excluding carboxylic acids is 2. The molecule has 0 aliphatic carbocycles. The number of carbonyl (C=O) groups is 2. The zero-order valence-corrected chi connectivity index (χ0v) is 13.4. The monoisotopic (exact) mass is 328 g/mol. The van der Waals surface area contributed by atoms with E-state index >= 15 is 0 Å². The fourth-order valence-corrected chi connectivity index (χ4v) is 3.00. The third-order valence-electron chi connectivity index (χ3n) is 3.26. The molecule has 0 spiro atoms. The van der Waals surface area contributed by atoms with Gasteiger partial charge in [0.1, 0.15) is 5.75 Å². The molecule has 5 nitrogen and oxygen atoms in total. The van der Waals surface area contributed by atoms with E-state index in [4.69, 9.17) is 4.74 Å². The molecule has 0 saturated carbocycles. The first-order valence-corrected chi connectivity index (χ1v) is 8.15. The maximum atomic E-state index is 12.0. The summed E-state index contributed by atoms with van der Waals surface area (Å²) in [4.78, 5) is 24.4. The van der Waals surface area contributed by atoms with Crippen molar-refractivity contribution in [2.24, 2.45) is 0 Å². The highest BCUT2D eigenvalue weighted by atomic mass is 32.2. The third kappa shape index (κ3) is 4.04. The maximum absolute atomic E-state index is 12.0. The lowest BCUT2D eigenvalue weighted by Crippen LogP contribution is -2.21. The van der Waals surface area contributed by atoms with Crippen LogP contribution in [-0.4, -0.2) is 24.2 Å². The quantitative estimate of drug-likeness (QED) is 0.905. The zero-order valence-electron chi connectivity index (χ0n) is 12.6. The average molecular weight is 328 g/mol. The summed E-state index contributed by atoms with van der Waals surface area (Å²) in [6.45, 7) is 1.90. The molecule has 1 heterocycles. The topological polar surface area (TPSA) is 67.4 Å². The lowest BCUT2D eigenvalue weighted by Gasteiger charge is -2.17. The van der Waals surface area contributed by atoms with Crippen LogP contribution in [0.25, 0.3) is 0 Å². The van der Waals surface area contributed by atoms with Gasteiger partial charge in [-0.2, -0.15) is 0 Å². The van der Waals surface area contributed by atoms with Gasteiger partial charge in [-0.25, -0.2) is 0 Å². The molecule has 0 bridgehead atoms. The molecular weight excluding hydrogens is 312 g/mol. The van der Waals surface area contributed by atoms with Gasteiger partial charge in [0.25, 0.3) is 5.91 Å². The molecule has 0 atom stereocenters. The summed E-state index contributed by atoms with van der Waals surface area (Å²) in [5.41, 5.74) is 2.43. The molecule has 0 fully saturated rings. The molecule has 0 aromatic heterocycles. The Kier molecular flexibility index (Phi) is 4.52. The molecule has 0 saturated heterocycles. The normalized spacial score (nSPS) is 13.0. The number of anilines is 2. The summed E-state index contributed by atoms with van der Waals surface area (Å²) in [7, 11) is 0. The van der Waals surface area contributed by atoms with Crippen LogP contribution in [0.5, 0.6) is 5.75 Å². The van der Waals surface area contributed by atoms with Crippen LogP contribution in [0.15, 0.2) is 47.4 Å². The summed E-state index contributed by atoms with van der Waals surface area (Å²) >= 11 is 1.48. The number of ether oxygens (including phenoxy) is 1. The molecule has 0 unspecified atom stereocenters. The smallest absolute Gasteiger partial charge is 0.262 e. The standard InChI is InChI=1S/C17H16N2O3S/c1-11-3-2-4-13(7-11)22-9-16(20)18-12-5-6-15-14(8-12)19-17(21)10-23-15/h2-8H,9-10H2,1H3,(H,18,20)(H,19,21). The van der Waals surface area contributed by atoms with Gasteiger partial charge in [0.05, 0.1) is 11.4 Å². The second-order valence-corrected chi connectivity index (χ2v) is 6.22. The SMILES string of the molecule is Cc1cccc(OCC(=O)Nc2ccc3c(c2)NC(=O)CS3)c1. The molecule has 0 radical (unpaired) electrons. The van der Waals surface area contributed by atoms with E-state index in [1.807, 2.05) is 43.3 Å². The van der Waals surface area contributed by atoms with Crippen LogP contribution in [-0.2, 0) is 9.59 Å². The van der Waals surface area contributed by atoms with E-state index in [2.05, 4.69) is 10.6 Å². The minimum atomic E-state index is -0.249. The van der Waals surface area contributed by atoms with Crippen molar-refractivity contribution in [3.05, 3.63) is 48.0 Å². The fourth-order valence-electron chi connectivity index (χ4n) is 2.21. The molecule has 6 heteroatoms. The van der Waals surface area contributed by atoms with Crippen molar-refractivity contribution in [3.63, 3.8) is 0 Å². The molecule has 118 valence electrons. The molecule has 1 aliphatic heterocycles. The van der Waals surface area contributed by atoms with Gasteiger partial charge < -0.3 is 15.4 Å². The van der Waals surface area contributed by atoms with Crippen molar-refractivity contribution in [2.75, 3.05) is 23.0 Å². The minimum absolute atomic E-state index is 0.0336. The van der Waals surface area contributed by atoms with Crippen LogP contribution in [0, 0.1) is 6.92 Å². The molecule has 2 N–H and O–H groups in total. The van der Waals surface area contributed by atoms with E-state index < -0.39 is 0 Å². The zero-order chi connectivity index (χ0) is 16.2. The largest absolute Gasteiger partial charge is 0.484 e. The van der Waals surface area contributed by atoms with Gasteiger partial charge in [-0.05, 0) is 42.8 Å². The van der Waals surface area contributed by atoms with Crippen LogP contribution in [0.4, 0.5) is 11.4 Å². The van der Waals surface area contributed by atoms with Gasteiger partial charge in [-0.15, -0.1) is 11.8 Å². The highest BCUT2D eigenvalue weighted by Gasteiger charge is 2.16. The third-order valence-corrected chi connectivity index (χ3v) is 4.33. The van der Waals surface area contributed by atoms with Crippen molar-refractivity contribution in [2.45, 2.75) is 11.8 Å². The summed E-state index contributed by atoms with van der Waals surface area (Å²) in [6.07, 6.45) is 0. The first kappa shape index (κ1) is 15.4. The molecule has 2 amide bonds. The van der Waals surface area contributed by atoms with Gasteiger partial charge in [-0.1, -0.05) is 12.1 Å². The highest BCUT2D eigenvalue weighted by Crippen LogP contribution is 2.33. The van der Waals surface area contributed by atoms with Crippen LogP contribution in [0.2, 0.25) is 0 Å². The molecular formula is C17H16N2O3S. The number of aryl methyl sites for hydroxylation is 1. The van der Waals surface area contributed by atoms with Gasteiger partial charge in [-0.3, -0.25) is 9.59 Å². The second kappa shape index (κ2) is 6.75. The average Bonchev–Trinajstić information content (AvgIpc) is 2.53. The van der Waals surface area contributed by atoms with Crippen molar-refractivity contribution in [3.8, 4) is 5.75 Å². The van der Waals surface area contributed by atoms with Gasteiger partial charge in [0, 0.05) is 10.6 Å². The maximum Gasteiger partial charge on any atom is 0.262 e. The molecule has 1 aliphatic rings. The van der Waals surface area contributed by atoms with E-state index in [9.17, 15) is 9.59 Å². The number of fused-ring (bicyclic) bond motifs is 1. The van der Waals surface area contributed by atoms with Gasteiger partial charge in [0.2, 0.25) is 5.91 Å². The predicted molar refractivity (Wildman–Crippen MR) is 91.1 cm³/mol. The number of hydrogen-bond donors (Lipinski definition) is 2. The number of amides is 2. The molecule has 2 aromatic carbocycles. The second-order valence-electron chi connectivity index (χ2n) is 5.20. The fraction of sp³-hybridized carbons (Fsp3) is 0.176. The number of thioether (sulfide) groups is 1. The Hall–Kier alpha value is -2.47. The lowest BCUT2D eigenvalue weighted by atomic mass is 10.2. The first-order valence-electron chi connectivity index (χ1n) is 7.16. The Morgan fingerprint density at radius 2 is 2.17 bits per heavy atom. The van der Waals surface area contributed by atoms with E-state index in [-0.39, 0.29) is 18.4 Å². The van der Waals surface area contributed by atoms with Crippen molar-refractivity contribution < 1.29 is 14.3 Å². The summed E-state index contributed by atoms with van der Waals surface area (Å²) in [5.74, 6) is 0.799. The molecule has 2 aromatic rings. The molecule has 3 rings (SSSR count). The van der Waals surface area contributed by atoms with Crippen LogP contribution >= 0.6 is 11.8 Å². The Labute approximate surface area is 138 Å². The van der Waals surface area contributed by atoms with E-state index in [1.165, 1.54) is 11.8 Å². The Bertz CT molecular complexity index is 761. The van der Waals surface area contributed by atoms with E-state index in [1.54, 1.807) is 6.07 Å². The van der Waals surface area contributed by atoms with Crippen molar-refractivity contribution in [1.29, 1.82) is 0 Å². The summed E-state index contributed by atoms with van der Waals surface area (Å²) in [5, 5.41) is 5.56. The van der Waals surface area contributed by atoms with Crippen molar-refractivity contribution in [1.82, 2.24) is 0 Å². The van der Waals surface area contributed by atoms with E-state index in [0.29, 0.717) is 17.2 Å². The van der Waals surface area contributed by atoms with Crippen LogP contribution < -0.4 is 15.4 Å². The lowest BCUT2D eigenvalue weighted by molar-refractivity contribution is -0.118. The number of hydrogen-bond acceptors (Lipinski definition) is 4. The minimum Gasteiger partial charge on any atom is -0.484 e. The summed E-state index contributed by atoms with van der Waals surface area (Å²) < 4.78 is 5.46. The Balaban J connectivity index is 1.59. The number of benzene rings is 2. The van der Waals surface area contributed by atoms with Gasteiger partial charge in [0.15, 0.2) is 6.61 Å². The first-order chi connectivity index (χ1) is 11.1. The van der Waals surface area contributed by atoms with Crippen LogP contribution in [0.1, 0.15) is 5.56 Å². The Morgan fingerprint density at radius 1 is 1.30 bits per heavy atom. The molecule has 23 heavy (non-hydrogen) atoms. The van der Waals surface area contributed by atoms with Crippen molar-refractivity contribution >= 4 is 35.0 Å². The highest BCUT2D eigenvalue weighted by molar-refractivity contribution is 8.00. The number of rotatable bonds is 4.